The molecule has 2 fully saturated rings. The van der Waals surface area contributed by atoms with Crippen LogP contribution in [-0.4, -0.2) is 37.2 Å². The Morgan fingerprint density at radius 1 is 1.18 bits per heavy atom. The first-order valence-electron chi connectivity index (χ1n) is 9.56. The molecule has 2 saturated heterocycles. The van der Waals surface area contributed by atoms with E-state index >= 15 is 0 Å². The normalized spacial score (nSPS) is 21.5. The van der Waals surface area contributed by atoms with Crippen LogP contribution < -0.4 is 11.4 Å². The highest BCUT2D eigenvalue weighted by atomic mass is 35.5. The number of fused-ring (bicyclic) bond motifs is 1. The summed E-state index contributed by atoms with van der Waals surface area (Å²) in [5.74, 6) is 0. The summed E-state index contributed by atoms with van der Waals surface area (Å²) in [5.41, 5.74) is 9.83. The van der Waals surface area contributed by atoms with E-state index in [0.29, 0.717) is 12.0 Å². The molecular weight excluding hydrogens is 399 g/mol. The lowest BCUT2D eigenvalue weighted by atomic mass is 9.76. The van der Waals surface area contributed by atoms with Crippen LogP contribution in [0.25, 0.3) is 11.0 Å². The van der Waals surface area contributed by atoms with Crippen LogP contribution in [0.2, 0.25) is 0 Å². The molecule has 0 aliphatic carbocycles. The molecule has 3 heterocycles. The molecule has 2 aliphatic heterocycles. The summed E-state index contributed by atoms with van der Waals surface area (Å²) >= 11 is 0. The number of nitrogens with two attached hydrogens (primary N) is 1. The smallest absolute Gasteiger partial charge is 0.336 e. The lowest BCUT2D eigenvalue weighted by Gasteiger charge is -2.38. The van der Waals surface area contributed by atoms with Crippen molar-refractivity contribution in [1.29, 1.82) is 0 Å². The van der Waals surface area contributed by atoms with Crippen molar-refractivity contribution < 1.29 is 9.15 Å². The third kappa shape index (κ3) is 4.55. The average molecular weight is 429 g/mol. The van der Waals surface area contributed by atoms with Gasteiger partial charge in [-0.2, -0.15) is 0 Å². The van der Waals surface area contributed by atoms with E-state index in [1.807, 2.05) is 6.92 Å². The first-order chi connectivity index (χ1) is 12.5. The molecule has 0 amide bonds. The number of aryl methyl sites for hydroxylation is 2. The number of nitrogens with zero attached hydrogens (tertiary/aromatic N) is 1. The van der Waals surface area contributed by atoms with Gasteiger partial charge in [0.25, 0.3) is 0 Å². The van der Waals surface area contributed by atoms with E-state index in [2.05, 4.69) is 24.0 Å². The van der Waals surface area contributed by atoms with Crippen LogP contribution in [0.15, 0.2) is 27.4 Å². The van der Waals surface area contributed by atoms with Crippen LogP contribution in [0.1, 0.15) is 36.0 Å². The number of ether oxygens (including phenoxy) is 1. The molecule has 1 atom stereocenters. The number of hydrogen-bond acceptors (Lipinski definition) is 5. The Bertz CT molecular complexity index is 876. The zero-order valence-corrected chi connectivity index (χ0v) is 18.2. The van der Waals surface area contributed by atoms with E-state index in [1.54, 1.807) is 6.07 Å². The van der Waals surface area contributed by atoms with Gasteiger partial charge >= 0.3 is 5.63 Å². The predicted molar refractivity (Wildman–Crippen MR) is 117 cm³/mol. The summed E-state index contributed by atoms with van der Waals surface area (Å²) in [7, 11) is 0. The summed E-state index contributed by atoms with van der Waals surface area (Å²) in [6.45, 7) is 8.41. The highest BCUT2D eigenvalue weighted by Gasteiger charge is 2.41. The summed E-state index contributed by atoms with van der Waals surface area (Å²) in [6, 6.07) is 5.85. The van der Waals surface area contributed by atoms with Gasteiger partial charge in [-0.25, -0.2) is 4.79 Å². The lowest BCUT2D eigenvalue weighted by Crippen LogP contribution is -2.40. The predicted octanol–water partition coefficient (Wildman–Crippen LogP) is 3.58. The molecule has 5 nitrogen and oxygen atoms in total. The van der Waals surface area contributed by atoms with Crippen molar-refractivity contribution in [3.8, 4) is 0 Å². The van der Waals surface area contributed by atoms with Crippen molar-refractivity contribution in [2.24, 2.45) is 11.1 Å². The molecule has 1 unspecified atom stereocenters. The maximum Gasteiger partial charge on any atom is 0.336 e. The largest absolute Gasteiger partial charge is 0.422 e. The Morgan fingerprint density at radius 2 is 1.89 bits per heavy atom. The molecule has 1 spiro atoms. The van der Waals surface area contributed by atoms with Crippen LogP contribution >= 0.6 is 24.8 Å². The number of likely N-dealkylation sites (tertiary alicyclic amines) is 1. The lowest BCUT2D eigenvalue weighted by molar-refractivity contribution is 0.0649. The van der Waals surface area contributed by atoms with Crippen molar-refractivity contribution in [3.63, 3.8) is 0 Å². The first kappa shape index (κ1) is 23.2. The zero-order valence-electron chi connectivity index (χ0n) is 16.5. The van der Waals surface area contributed by atoms with Gasteiger partial charge in [-0.3, -0.25) is 4.90 Å². The Hall–Kier alpha value is -1.11. The van der Waals surface area contributed by atoms with E-state index in [4.69, 9.17) is 14.9 Å². The van der Waals surface area contributed by atoms with Crippen LogP contribution in [0.4, 0.5) is 0 Å². The van der Waals surface area contributed by atoms with Gasteiger partial charge < -0.3 is 14.9 Å². The fraction of sp³-hybridized carbons (Fsp3) is 0.571. The van der Waals surface area contributed by atoms with Crippen molar-refractivity contribution in [3.05, 3.63) is 45.3 Å². The molecule has 4 rings (SSSR count). The minimum absolute atomic E-state index is 0. The van der Waals surface area contributed by atoms with Gasteiger partial charge in [0, 0.05) is 24.5 Å². The quantitative estimate of drug-likeness (QED) is 0.756. The highest BCUT2D eigenvalue weighted by Crippen LogP contribution is 2.42. The molecule has 0 saturated carbocycles. The van der Waals surface area contributed by atoms with E-state index in [0.717, 1.165) is 67.6 Å². The maximum atomic E-state index is 12.0. The molecular formula is C21H30Cl2N2O3. The fourth-order valence-electron chi connectivity index (χ4n) is 4.63. The molecule has 2 N–H and O–H groups in total. The number of halogens is 2. The Morgan fingerprint density at radius 3 is 2.54 bits per heavy atom. The molecule has 0 radical (unpaired) electrons. The third-order valence-corrected chi connectivity index (χ3v) is 6.12. The van der Waals surface area contributed by atoms with Gasteiger partial charge in [0.1, 0.15) is 5.58 Å². The molecule has 0 bridgehead atoms. The minimum Gasteiger partial charge on any atom is -0.422 e. The number of benzene rings is 1. The summed E-state index contributed by atoms with van der Waals surface area (Å²) in [5, 5.41) is 1.06. The van der Waals surface area contributed by atoms with E-state index < -0.39 is 0 Å². The monoisotopic (exact) mass is 428 g/mol. The number of rotatable bonds is 3. The highest BCUT2D eigenvalue weighted by molar-refractivity contribution is 5.85. The molecule has 2 aliphatic rings. The molecule has 2 aromatic rings. The SMILES string of the molecule is Cc1cc(C)c2oc(=O)cc(CN3CCC4(CC3)COC(CN)C4)c2c1.Cl.Cl. The van der Waals surface area contributed by atoms with E-state index in [9.17, 15) is 4.79 Å². The number of hydrogen-bond donors (Lipinski definition) is 1. The Balaban J connectivity index is 0.00000140. The van der Waals surface area contributed by atoms with Crippen molar-refractivity contribution >= 4 is 35.8 Å². The Kier molecular flexibility index (Phi) is 7.56. The molecule has 28 heavy (non-hydrogen) atoms. The van der Waals surface area contributed by atoms with Gasteiger partial charge in [0.2, 0.25) is 0 Å². The van der Waals surface area contributed by atoms with Crippen molar-refractivity contribution in [1.82, 2.24) is 4.90 Å². The van der Waals surface area contributed by atoms with Crippen LogP contribution in [0, 0.1) is 19.3 Å². The van der Waals surface area contributed by atoms with Crippen molar-refractivity contribution in [2.45, 2.75) is 45.8 Å². The Labute approximate surface area is 178 Å². The minimum atomic E-state index is -0.261. The third-order valence-electron chi connectivity index (χ3n) is 6.12. The fourth-order valence-corrected chi connectivity index (χ4v) is 4.63. The maximum absolute atomic E-state index is 12.0. The zero-order chi connectivity index (χ0) is 18.3. The van der Waals surface area contributed by atoms with Crippen LogP contribution in [0.5, 0.6) is 0 Å². The van der Waals surface area contributed by atoms with Gasteiger partial charge in [-0.05, 0) is 74.4 Å². The molecule has 7 heteroatoms. The second-order valence-electron chi connectivity index (χ2n) is 8.20. The average Bonchev–Trinajstić information content (AvgIpc) is 3.01. The van der Waals surface area contributed by atoms with Crippen LogP contribution in [0.3, 0.4) is 0 Å². The van der Waals surface area contributed by atoms with Gasteiger partial charge in [0.05, 0.1) is 12.7 Å². The van der Waals surface area contributed by atoms with Gasteiger partial charge in [-0.15, -0.1) is 24.8 Å². The number of piperidine rings is 1. The van der Waals surface area contributed by atoms with E-state index in [-0.39, 0.29) is 36.5 Å². The first-order valence-corrected chi connectivity index (χ1v) is 9.56. The topological polar surface area (TPSA) is 68.7 Å². The molecule has 156 valence electrons. The van der Waals surface area contributed by atoms with E-state index in [1.165, 1.54) is 5.56 Å². The van der Waals surface area contributed by atoms with Crippen molar-refractivity contribution in [2.75, 3.05) is 26.2 Å². The second-order valence-corrected chi connectivity index (χ2v) is 8.20. The van der Waals surface area contributed by atoms with Crippen LogP contribution in [-0.2, 0) is 11.3 Å². The summed E-state index contributed by atoms with van der Waals surface area (Å²) < 4.78 is 11.3. The standard InChI is InChI=1S/C21H28N2O3.2ClH/c1-14-7-15(2)20-18(8-14)16(9-19(24)26-20)12-23-5-3-21(4-6-23)10-17(11-22)25-13-21;;/h7-9,17H,3-6,10-13,22H2,1-2H3;2*1H. The van der Waals surface area contributed by atoms with Gasteiger partial charge in [0.15, 0.2) is 0 Å². The second kappa shape index (κ2) is 9.14. The molecule has 1 aromatic heterocycles. The molecule has 1 aromatic carbocycles. The summed E-state index contributed by atoms with van der Waals surface area (Å²) in [4.78, 5) is 14.5. The summed E-state index contributed by atoms with van der Waals surface area (Å²) in [6.07, 6.45) is 3.60. The van der Waals surface area contributed by atoms with Gasteiger partial charge in [-0.1, -0.05) is 6.07 Å².